The predicted octanol–water partition coefficient (Wildman–Crippen LogP) is 2.24. The van der Waals surface area contributed by atoms with Gasteiger partial charge in [0.2, 0.25) is 0 Å². The number of halogens is 1. The number of hydrogen-bond donors (Lipinski definition) is 0. The van der Waals surface area contributed by atoms with Crippen molar-refractivity contribution in [3.63, 3.8) is 0 Å². The van der Waals surface area contributed by atoms with Gasteiger partial charge in [0.05, 0.1) is 12.2 Å². The third kappa shape index (κ3) is 2.65. The van der Waals surface area contributed by atoms with E-state index in [-0.39, 0.29) is 17.6 Å². The Kier molecular flexibility index (Phi) is 3.65. The van der Waals surface area contributed by atoms with E-state index in [1.165, 1.54) is 6.07 Å². The number of rotatable bonds is 3. The van der Waals surface area contributed by atoms with Crippen LogP contribution in [0.3, 0.4) is 0 Å². The zero-order valence-corrected chi connectivity index (χ0v) is 12.0. The Labute approximate surface area is 118 Å². The summed E-state index contributed by atoms with van der Waals surface area (Å²) < 4.78 is 25.2. The molecule has 0 amide bonds. The molecular formula is C15H21FN2O2. The molecule has 1 aromatic rings. The molecule has 0 saturated carbocycles. The second-order valence-electron chi connectivity index (χ2n) is 6.05. The van der Waals surface area contributed by atoms with Crippen molar-refractivity contribution < 1.29 is 13.9 Å². The number of pyridine rings is 1. The van der Waals surface area contributed by atoms with E-state index in [4.69, 9.17) is 9.47 Å². The van der Waals surface area contributed by atoms with Gasteiger partial charge in [0, 0.05) is 38.2 Å². The summed E-state index contributed by atoms with van der Waals surface area (Å²) >= 11 is 0. The largest absolute Gasteiger partial charge is 0.472 e. The molecule has 2 saturated heterocycles. The fraction of sp³-hybridized carbons (Fsp3) is 0.667. The highest BCUT2D eigenvalue weighted by atomic mass is 19.1. The summed E-state index contributed by atoms with van der Waals surface area (Å²) in [5, 5.41) is 0. The topological polar surface area (TPSA) is 34.6 Å². The number of likely N-dealkylation sites (tertiary alicyclic amines) is 1. The molecule has 2 aliphatic rings. The molecule has 5 heteroatoms. The lowest BCUT2D eigenvalue weighted by Crippen LogP contribution is -2.67. The Morgan fingerprint density at radius 2 is 2.30 bits per heavy atom. The van der Waals surface area contributed by atoms with Crippen LogP contribution in [0.4, 0.5) is 4.39 Å². The summed E-state index contributed by atoms with van der Waals surface area (Å²) in [6.45, 7) is 6.93. The molecule has 1 unspecified atom stereocenters. The maximum atomic E-state index is 13.6. The third-order valence-electron chi connectivity index (χ3n) is 4.16. The highest BCUT2D eigenvalue weighted by molar-refractivity contribution is 5.14. The van der Waals surface area contributed by atoms with E-state index in [0.29, 0.717) is 12.6 Å². The van der Waals surface area contributed by atoms with Crippen LogP contribution in [0.25, 0.3) is 0 Å². The zero-order chi connectivity index (χ0) is 14.2. The van der Waals surface area contributed by atoms with Gasteiger partial charge in [0.1, 0.15) is 6.10 Å². The molecule has 3 rings (SSSR count). The molecule has 3 heterocycles. The van der Waals surface area contributed by atoms with E-state index in [1.807, 2.05) is 0 Å². The Hall–Kier alpha value is -1.20. The zero-order valence-electron chi connectivity index (χ0n) is 12.0. The van der Waals surface area contributed by atoms with Crippen molar-refractivity contribution in [1.82, 2.24) is 9.88 Å². The van der Waals surface area contributed by atoms with Crippen LogP contribution >= 0.6 is 0 Å². The Bertz CT molecular complexity index is 475. The molecule has 0 N–H and O–H groups in total. The lowest BCUT2D eigenvalue weighted by atomic mass is 9.84. The van der Waals surface area contributed by atoms with Crippen LogP contribution in [0.5, 0.6) is 5.88 Å². The van der Waals surface area contributed by atoms with Gasteiger partial charge in [-0.15, -0.1) is 0 Å². The highest BCUT2D eigenvalue weighted by Gasteiger charge is 2.48. The summed E-state index contributed by atoms with van der Waals surface area (Å²) in [6.07, 6.45) is 3.14. The number of ether oxygens (including phenoxy) is 2. The van der Waals surface area contributed by atoms with E-state index >= 15 is 0 Å². The molecule has 2 fully saturated rings. The third-order valence-corrected chi connectivity index (χ3v) is 4.16. The highest BCUT2D eigenvalue weighted by Crippen LogP contribution is 2.36. The van der Waals surface area contributed by atoms with Gasteiger partial charge in [0.25, 0.3) is 5.88 Å². The molecule has 1 atom stereocenters. The van der Waals surface area contributed by atoms with E-state index in [1.54, 1.807) is 12.3 Å². The minimum Gasteiger partial charge on any atom is -0.472 e. The Balaban J connectivity index is 1.61. The second-order valence-corrected chi connectivity index (χ2v) is 6.05. The van der Waals surface area contributed by atoms with E-state index < -0.39 is 5.82 Å². The van der Waals surface area contributed by atoms with Crippen LogP contribution in [-0.2, 0) is 4.74 Å². The quantitative estimate of drug-likeness (QED) is 0.850. The molecule has 1 spiro atoms. The van der Waals surface area contributed by atoms with Crippen LogP contribution in [0.15, 0.2) is 18.3 Å². The van der Waals surface area contributed by atoms with Crippen molar-refractivity contribution >= 4 is 0 Å². The average molecular weight is 280 g/mol. The molecule has 1 aromatic heterocycles. The summed E-state index contributed by atoms with van der Waals surface area (Å²) in [6, 6.07) is 3.49. The van der Waals surface area contributed by atoms with Crippen molar-refractivity contribution in [1.29, 1.82) is 0 Å². The number of aromatic nitrogens is 1. The van der Waals surface area contributed by atoms with Crippen molar-refractivity contribution in [2.75, 3.05) is 19.7 Å². The fourth-order valence-electron chi connectivity index (χ4n) is 2.98. The summed E-state index contributed by atoms with van der Waals surface area (Å²) in [5.41, 5.74) is -0.0988. The normalized spacial score (nSPS) is 25.7. The minimum atomic E-state index is -0.398. The van der Waals surface area contributed by atoms with Gasteiger partial charge < -0.3 is 9.47 Å². The van der Waals surface area contributed by atoms with Gasteiger partial charge in [-0.3, -0.25) is 4.90 Å². The van der Waals surface area contributed by atoms with Crippen LogP contribution < -0.4 is 4.74 Å². The van der Waals surface area contributed by atoms with Crippen LogP contribution in [0.2, 0.25) is 0 Å². The molecular weight excluding hydrogens is 259 g/mol. The lowest BCUT2D eigenvalue weighted by molar-refractivity contribution is -0.192. The second kappa shape index (κ2) is 5.30. The van der Waals surface area contributed by atoms with Gasteiger partial charge in [-0.25, -0.2) is 9.37 Å². The first-order valence-corrected chi connectivity index (χ1v) is 7.23. The van der Waals surface area contributed by atoms with Crippen molar-refractivity contribution in [3.8, 4) is 5.88 Å². The van der Waals surface area contributed by atoms with Crippen LogP contribution in [-0.4, -0.2) is 47.3 Å². The van der Waals surface area contributed by atoms with Crippen molar-refractivity contribution in [2.45, 2.75) is 44.4 Å². The predicted molar refractivity (Wildman–Crippen MR) is 73.2 cm³/mol. The number of nitrogens with zero attached hydrogens (tertiary/aromatic N) is 2. The fourth-order valence-corrected chi connectivity index (χ4v) is 2.98. The Morgan fingerprint density at radius 3 is 3.00 bits per heavy atom. The van der Waals surface area contributed by atoms with Crippen molar-refractivity contribution in [3.05, 3.63) is 24.1 Å². The Morgan fingerprint density at radius 1 is 1.50 bits per heavy atom. The van der Waals surface area contributed by atoms with Gasteiger partial charge in [-0.2, -0.15) is 0 Å². The van der Waals surface area contributed by atoms with E-state index in [2.05, 4.69) is 23.7 Å². The van der Waals surface area contributed by atoms with Gasteiger partial charge >= 0.3 is 0 Å². The summed E-state index contributed by atoms with van der Waals surface area (Å²) in [4.78, 5) is 6.34. The minimum absolute atomic E-state index is 0.0116. The monoisotopic (exact) mass is 280 g/mol. The molecule has 4 nitrogen and oxygen atoms in total. The molecule has 0 bridgehead atoms. The van der Waals surface area contributed by atoms with Crippen LogP contribution in [0, 0.1) is 5.82 Å². The molecule has 110 valence electrons. The molecule has 0 radical (unpaired) electrons. The summed E-state index contributed by atoms with van der Waals surface area (Å²) in [7, 11) is 0. The van der Waals surface area contributed by atoms with Crippen molar-refractivity contribution in [2.24, 2.45) is 0 Å². The standard InChI is InChI=1S/C15H21FN2O2/c1-11(2)18-9-15(10-18)8-12(5-7-19-15)20-14-13(16)4-3-6-17-14/h3-4,6,11-12H,5,7-10H2,1-2H3. The molecule has 2 aliphatic heterocycles. The maximum absolute atomic E-state index is 13.6. The lowest BCUT2D eigenvalue weighted by Gasteiger charge is -2.54. The van der Waals surface area contributed by atoms with Gasteiger partial charge in [0.15, 0.2) is 5.82 Å². The molecule has 20 heavy (non-hydrogen) atoms. The first-order chi connectivity index (χ1) is 9.58. The maximum Gasteiger partial charge on any atom is 0.250 e. The molecule has 0 aliphatic carbocycles. The van der Waals surface area contributed by atoms with Gasteiger partial charge in [-0.05, 0) is 26.0 Å². The first-order valence-electron chi connectivity index (χ1n) is 7.23. The summed E-state index contributed by atoms with van der Waals surface area (Å²) in [5.74, 6) is -0.292. The van der Waals surface area contributed by atoms with Crippen LogP contribution in [0.1, 0.15) is 26.7 Å². The first kappa shape index (κ1) is 13.8. The van der Waals surface area contributed by atoms with E-state index in [0.717, 1.165) is 25.9 Å². The van der Waals surface area contributed by atoms with Gasteiger partial charge in [-0.1, -0.05) is 0 Å². The van der Waals surface area contributed by atoms with E-state index in [9.17, 15) is 4.39 Å². The average Bonchev–Trinajstić information content (AvgIpc) is 2.39. The smallest absolute Gasteiger partial charge is 0.250 e. The SMILES string of the molecule is CC(C)N1CC2(CC(Oc3ncccc3F)CCO2)C1. The number of hydrogen-bond acceptors (Lipinski definition) is 4. The molecule has 0 aromatic carbocycles.